The number of guanidine groups is 1. The van der Waals surface area contributed by atoms with Gasteiger partial charge in [-0.25, -0.2) is 0 Å². The molecule has 1 fully saturated rings. The molecule has 1 unspecified atom stereocenters. The van der Waals surface area contributed by atoms with Crippen molar-refractivity contribution in [2.75, 3.05) is 13.1 Å². The van der Waals surface area contributed by atoms with Crippen LogP contribution < -0.4 is 11.1 Å². The van der Waals surface area contributed by atoms with E-state index >= 15 is 0 Å². The number of nitrogens with zero attached hydrogens (tertiary/aromatic N) is 2. The molecule has 0 radical (unpaired) electrons. The van der Waals surface area contributed by atoms with Gasteiger partial charge < -0.3 is 11.1 Å². The van der Waals surface area contributed by atoms with Gasteiger partial charge in [-0.15, -0.1) is 0 Å². The Balaban J connectivity index is 1.92. The second-order valence-electron chi connectivity index (χ2n) is 6.13. The van der Waals surface area contributed by atoms with Crippen LogP contribution in [0.4, 0.5) is 0 Å². The number of benzene rings is 1. The minimum absolute atomic E-state index is 0.334. The molecule has 0 amide bonds. The molecule has 4 nitrogen and oxygen atoms in total. The summed E-state index contributed by atoms with van der Waals surface area (Å²) in [6.45, 7) is 7.11. The molecular weight excluding hydrogens is 260 g/mol. The van der Waals surface area contributed by atoms with Gasteiger partial charge in [-0.2, -0.15) is 0 Å². The van der Waals surface area contributed by atoms with Crippen molar-refractivity contribution in [3.63, 3.8) is 0 Å². The molecule has 1 aromatic rings. The Labute approximate surface area is 128 Å². The van der Waals surface area contributed by atoms with Crippen LogP contribution in [0.15, 0.2) is 35.3 Å². The number of nitrogens with two attached hydrogens (primary N) is 1. The highest BCUT2D eigenvalue weighted by molar-refractivity contribution is 5.78. The van der Waals surface area contributed by atoms with Crippen LogP contribution in [0.3, 0.4) is 0 Å². The first-order valence-corrected chi connectivity index (χ1v) is 7.99. The molecule has 0 spiro atoms. The fourth-order valence-corrected chi connectivity index (χ4v) is 2.84. The Morgan fingerprint density at radius 3 is 2.81 bits per heavy atom. The molecular formula is C17H28N4. The molecule has 1 saturated heterocycles. The molecule has 2 rings (SSSR count). The summed E-state index contributed by atoms with van der Waals surface area (Å²) in [6.07, 6.45) is 3.79. The first-order valence-electron chi connectivity index (χ1n) is 7.99. The topological polar surface area (TPSA) is 53.6 Å². The highest BCUT2D eigenvalue weighted by Gasteiger charge is 2.22. The number of hydrogen-bond acceptors (Lipinski definition) is 2. The first-order chi connectivity index (χ1) is 10.1. The maximum absolute atomic E-state index is 5.91. The molecule has 1 aliphatic rings. The first kappa shape index (κ1) is 15.8. The van der Waals surface area contributed by atoms with Crippen molar-refractivity contribution in [3.05, 3.63) is 35.9 Å². The molecule has 21 heavy (non-hydrogen) atoms. The standard InChI is InChI=1S/C17H28N4/c1-14(2)20-17(18)19-12-16-10-6-7-11-21(16)13-15-8-4-3-5-9-15/h3-5,8-9,14,16H,6-7,10-13H2,1-2H3,(H3,18,19,20). The summed E-state index contributed by atoms with van der Waals surface area (Å²) < 4.78 is 0. The second-order valence-corrected chi connectivity index (χ2v) is 6.13. The number of aliphatic imine (C=N–C) groups is 1. The molecule has 4 heteroatoms. The average Bonchev–Trinajstić information content (AvgIpc) is 2.47. The smallest absolute Gasteiger partial charge is 0.188 e. The van der Waals surface area contributed by atoms with Gasteiger partial charge in [-0.3, -0.25) is 9.89 Å². The fourth-order valence-electron chi connectivity index (χ4n) is 2.84. The van der Waals surface area contributed by atoms with Crippen LogP contribution in [-0.2, 0) is 6.54 Å². The van der Waals surface area contributed by atoms with Crippen LogP contribution in [0, 0.1) is 0 Å². The third-order valence-electron chi connectivity index (χ3n) is 3.89. The zero-order valence-electron chi connectivity index (χ0n) is 13.3. The number of piperidine rings is 1. The van der Waals surface area contributed by atoms with E-state index in [2.05, 4.69) is 59.4 Å². The molecule has 0 aromatic heterocycles. The Morgan fingerprint density at radius 1 is 1.33 bits per heavy atom. The summed E-state index contributed by atoms with van der Waals surface area (Å²) in [4.78, 5) is 7.07. The van der Waals surface area contributed by atoms with E-state index in [0.717, 1.165) is 19.6 Å². The average molecular weight is 288 g/mol. The predicted octanol–water partition coefficient (Wildman–Crippen LogP) is 2.35. The van der Waals surface area contributed by atoms with Crippen LogP contribution in [0.25, 0.3) is 0 Å². The van der Waals surface area contributed by atoms with E-state index in [1.165, 1.54) is 24.8 Å². The van der Waals surface area contributed by atoms with Crippen LogP contribution in [0.1, 0.15) is 38.7 Å². The zero-order chi connectivity index (χ0) is 15.1. The van der Waals surface area contributed by atoms with Gasteiger partial charge in [0.2, 0.25) is 0 Å². The molecule has 1 atom stereocenters. The molecule has 0 bridgehead atoms. The number of hydrogen-bond donors (Lipinski definition) is 2. The summed E-state index contributed by atoms with van der Waals surface area (Å²) >= 11 is 0. The third kappa shape index (κ3) is 5.38. The minimum atomic E-state index is 0.334. The van der Waals surface area contributed by atoms with Gasteiger partial charge in [0.1, 0.15) is 0 Å². The SMILES string of the molecule is CC(C)NC(N)=NCC1CCCCN1Cc1ccccc1. The minimum Gasteiger partial charge on any atom is -0.370 e. The van der Waals surface area contributed by atoms with Crippen molar-refractivity contribution in [2.24, 2.45) is 10.7 Å². The van der Waals surface area contributed by atoms with E-state index in [0.29, 0.717) is 18.0 Å². The van der Waals surface area contributed by atoms with Gasteiger partial charge in [0, 0.05) is 18.6 Å². The summed E-state index contributed by atoms with van der Waals surface area (Å²) in [6, 6.07) is 11.5. The third-order valence-corrected chi connectivity index (χ3v) is 3.89. The molecule has 116 valence electrons. The van der Waals surface area contributed by atoms with Crippen LogP contribution in [0.2, 0.25) is 0 Å². The zero-order valence-corrected chi connectivity index (χ0v) is 13.3. The Kier molecular flexibility index (Phi) is 6.05. The lowest BCUT2D eigenvalue weighted by Crippen LogP contribution is -2.42. The largest absolute Gasteiger partial charge is 0.370 e. The van der Waals surface area contributed by atoms with E-state index in [9.17, 15) is 0 Å². The van der Waals surface area contributed by atoms with Gasteiger partial charge in [0.15, 0.2) is 5.96 Å². The Hall–Kier alpha value is -1.55. The van der Waals surface area contributed by atoms with E-state index < -0.39 is 0 Å². The Bertz CT molecular complexity index is 441. The van der Waals surface area contributed by atoms with Crippen molar-refractivity contribution in [1.82, 2.24) is 10.2 Å². The molecule has 1 aromatic carbocycles. The highest BCUT2D eigenvalue weighted by atomic mass is 15.2. The summed E-state index contributed by atoms with van der Waals surface area (Å²) in [7, 11) is 0. The van der Waals surface area contributed by atoms with Crippen molar-refractivity contribution in [2.45, 2.75) is 51.7 Å². The van der Waals surface area contributed by atoms with Gasteiger partial charge in [0.25, 0.3) is 0 Å². The second kappa shape index (κ2) is 8.03. The lowest BCUT2D eigenvalue weighted by Gasteiger charge is -2.35. The fraction of sp³-hybridized carbons (Fsp3) is 0.588. The van der Waals surface area contributed by atoms with E-state index in [1.54, 1.807) is 0 Å². The van der Waals surface area contributed by atoms with E-state index in [-0.39, 0.29) is 0 Å². The molecule has 0 aliphatic carbocycles. The van der Waals surface area contributed by atoms with Crippen LogP contribution in [0.5, 0.6) is 0 Å². The summed E-state index contributed by atoms with van der Waals surface area (Å²) in [5.74, 6) is 0.565. The van der Waals surface area contributed by atoms with Crippen molar-refractivity contribution in [1.29, 1.82) is 0 Å². The van der Waals surface area contributed by atoms with Crippen LogP contribution in [-0.4, -0.2) is 36.0 Å². The van der Waals surface area contributed by atoms with Crippen molar-refractivity contribution >= 4 is 5.96 Å². The number of rotatable bonds is 5. The number of likely N-dealkylation sites (tertiary alicyclic amines) is 1. The summed E-state index contributed by atoms with van der Waals surface area (Å²) in [5.41, 5.74) is 7.29. The molecule has 3 N–H and O–H groups in total. The molecule has 1 aliphatic heterocycles. The lowest BCUT2D eigenvalue weighted by molar-refractivity contribution is 0.145. The monoisotopic (exact) mass is 288 g/mol. The van der Waals surface area contributed by atoms with Gasteiger partial charge in [-0.05, 0) is 38.8 Å². The van der Waals surface area contributed by atoms with Crippen LogP contribution >= 0.6 is 0 Å². The van der Waals surface area contributed by atoms with Crippen molar-refractivity contribution < 1.29 is 0 Å². The summed E-state index contributed by atoms with van der Waals surface area (Å²) in [5, 5.41) is 3.16. The molecule has 0 saturated carbocycles. The van der Waals surface area contributed by atoms with E-state index in [1.807, 2.05) is 0 Å². The predicted molar refractivity (Wildman–Crippen MR) is 89.3 cm³/mol. The lowest BCUT2D eigenvalue weighted by atomic mass is 10.0. The normalized spacial score (nSPS) is 20.7. The Morgan fingerprint density at radius 2 is 2.10 bits per heavy atom. The number of nitrogens with one attached hydrogen (secondary N) is 1. The maximum atomic E-state index is 5.91. The van der Waals surface area contributed by atoms with Gasteiger partial charge in [0.05, 0.1) is 6.54 Å². The quantitative estimate of drug-likeness (QED) is 0.646. The highest BCUT2D eigenvalue weighted by Crippen LogP contribution is 2.19. The van der Waals surface area contributed by atoms with Gasteiger partial charge in [-0.1, -0.05) is 36.8 Å². The molecule has 1 heterocycles. The van der Waals surface area contributed by atoms with Crippen molar-refractivity contribution in [3.8, 4) is 0 Å². The van der Waals surface area contributed by atoms with E-state index in [4.69, 9.17) is 5.73 Å². The maximum Gasteiger partial charge on any atom is 0.188 e. The van der Waals surface area contributed by atoms with Gasteiger partial charge >= 0.3 is 0 Å².